The maximum Gasteiger partial charge on any atom is 0.416 e. The van der Waals surface area contributed by atoms with Crippen molar-refractivity contribution in [1.82, 2.24) is 10.5 Å². The molecule has 0 aliphatic carbocycles. The molecule has 1 saturated heterocycles. The van der Waals surface area contributed by atoms with Crippen LogP contribution in [-0.4, -0.2) is 30.3 Å². The lowest BCUT2D eigenvalue weighted by Crippen LogP contribution is -2.38. The Morgan fingerprint density at radius 2 is 1.84 bits per heavy atom. The van der Waals surface area contributed by atoms with E-state index in [0.717, 1.165) is 12.1 Å². The summed E-state index contributed by atoms with van der Waals surface area (Å²) in [4.78, 5) is 12.3. The van der Waals surface area contributed by atoms with E-state index in [4.69, 9.17) is 9.26 Å². The molecule has 0 unspecified atom stereocenters. The summed E-state index contributed by atoms with van der Waals surface area (Å²) < 4.78 is 48.5. The zero-order chi connectivity index (χ0) is 18.0. The highest BCUT2D eigenvalue weighted by Gasteiger charge is 2.30. The highest BCUT2D eigenvalue weighted by molar-refractivity contribution is 9.10. The molecular weight excluding hydrogens is 405 g/mol. The second-order valence-corrected chi connectivity index (χ2v) is 6.40. The molecule has 25 heavy (non-hydrogen) atoms. The maximum absolute atomic E-state index is 12.6. The van der Waals surface area contributed by atoms with Gasteiger partial charge in [0.05, 0.1) is 10.0 Å². The number of carbonyl (C=O) groups excluding carboxylic acids is 1. The molecule has 0 spiro atoms. The van der Waals surface area contributed by atoms with Gasteiger partial charge < -0.3 is 14.6 Å². The number of carbonyl (C=O) groups is 1. The van der Waals surface area contributed by atoms with Crippen LogP contribution < -0.4 is 5.32 Å². The fraction of sp³-hybridized carbons (Fsp3) is 0.375. The molecule has 0 atom stereocenters. The highest BCUT2D eigenvalue weighted by atomic mass is 79.9. The number of hydrogen-bond donors (Lipinski definition) is 1. The van der Waals surface area contributed by atoms with Gasteiger partial charge in [-0.15, -0.1) is 0 Å². The van der Waals surface area contributed by atoms with E-state index in [1.54, 1.807) is 0 Å². The van der Waals surface area contributed by atoms with Gasteiger partial charge in [0, 0.05) is 24.8 Å². The molecular formula is C16H14BrF3N2O3. The second-order valence-electron chi connectivity index (χ2n) is 5.61. The summed E-state index contributed by atoms with van der Waals surface area (Å²) >= 11 is 3.25. The lowest BCUT2D eigenvalue weighted by atomic mass is 10.1. The Morgan fingerprint density at radius 3 is 2.44 bits per heavy atom. The van der Waals surface area contributed by atoms with Gasteiger partial charge in [-0.25, -0.2) is 0 Å². The van der Waals surface area contributed by atoms with Crippen LogP contribution in [0.4, 0.5) is 13.2 Å². The first-order valence-electron chi connectivity index (χ1n) is 7.57. The van der Waals surface area contributed by atoms with Crippen molar-refractivity contribution in [3.8, 4) is 11.3 Å². The predicted molar refractivity (Wildman–Crippen MR) is 85.9 cm³/mol. The zero-order valence-electron chi connectivity index (χ0n) is 12.9. The van der Waals surface area contributed by atoms with Gasteiger partial charge in [0.25, 0.3) is 5.91 Å². The van der Waals surface area contributed by atoms with Crippen LogP contribution in [0.25, 0.3) is 11.3 Å². The zero-order valence-corrected chi connectivity index (χ0v) is 14.5. The molecule has 134 valence electrons. The summed E-state index contributed by atoms with van der Waals surface area (Å²) in [5.74, 6) is -0.439. The molecule has 1 fully saturated rings. The first-order chi connectivity index (χ1) is 11.9. The number of hydrogen-bond acceptors (Lipinski definition) is 4. The van der Waals surface area contributed by atoms with Gasteiger partial charge >= 0.3 is 6.18 Å². The maximum atomic E-state index is 12.6. The van der Waals surface area contributed by atoms with Gasteiger partial charge in [0.15, 0.2) is 0 Å². The molecule has 2 heterocycles. The van der Waals surface area contributed by atoms with Crippen molar-refractivity contribution in [3.63, 3.8) is 0 Å². The predicted octanol–water partition coefficient (Wildman–Crippen LogP) is 4.03. The van der Waals surface area contributed by atoms with E-state index in [1.165, 1.54) is 12.1 Å². The molecule has 3 rings (SSSR count). The number of nitrogens with one attached hydrogen (secondary N) is 1. The van der Waals surface area contributed by atoms with E-state index in [0.29, 0.717) is 36.1 Å². The highest BCUT2D eigenvalue weighted by Crippen LogP contribution is 2.34. The monoisotopic (exact) mass is 418 g/mol. The standard InChI is InChI=1S/C16H14BrF3N2O3/c17-12-13(9-1-3-10(4-2-9)16(18,19)20)22-25-14(12)15(23)21-11-5-7-24-8-6-11/h1-4,11H,5-8H2,(H,21,23). The van der Waals surface area contributed by atoms with Crippen LogP contribution in [-0.2, 0) is 10.9 Å². The van der Waals surface area contributed by atoms with Crippen molar-refractivity contribution < 1.29 is 27.2 Å². The van der Waals surface area contributed by atoms with Gasteiger partial charge in [-0.3, -0.25) is 4.79 Å². The van der Waals surface area contributed by atoms with Crippen LogP contribution in [0.1, 0.15) is 29.0 Å². The molecule has 1 aromatic carbocycles. The average Bonchev–Trinajstić information content (AvgIpc) is 2.97. The van der Waals surface area contributed by atoms with Crippen molar-refractivity contribution in [3.05, 3.63) is 40.1 Å². The summed E-state index contributed by atoms with van der Waals surface area (Å²) in [6.45, 7) is 1.17. The van der Waals surface area contributed by atoms with Crippen LogP contribution in [0.2, 0.25) is 0 Å². The van der Waals surface area contributed by atoms with Crippen molar-refractivity contribution in [2.75, 3.05) is 13.2 Å². The Morgan fingerprint density at radius 1 is 1.20 bits per heavy atom. The number of aromatic nitrogens is 1. The Kier molecular flexibility index (Phi) is 5.14. The van der Waals surface area contributed by atoms with Crippen molar-refractivity contribution in [2.45, 2.75) is 25.1 Å². The minimum Gasteiger partial charge on any atom is -0.381 e. The van der Waals surface area contributed by atoms with E-state index in [1.807, 2.05) is 0 Å². The third-order valence-electron chi connectivity index (χ3n) is 3.88. The first kappa shape index (κ1) is 17.9. The molecule has 0 radical (unpaired) electrons. The number of amides is 1. The van der Waals surface area contributed by atoms with Gasteiger partial charge in [-0.1, -0.05) is 17.3 Å². The molecule has 1 aromatic heterocycles. The molecule has 1 aliphatic heterocycles. The SMILES string of the molecule is O=C(NC1CCOCC1)c1onc(-c2ccc(C(F)(F)F)cc2)c1Br. The minimum absolute atomic E-state index is 0.00670. The van der Waals surface area contributed by atoms with E-state index in [2.05, 4.69) is 26.4 Å². The van der Waals surface area contributed by atoms with Gasteiger partial charge in [-0.2, -0.15) is 13.2 Å². The summed E-state index contributed by atoms with van der Waals surface area (Å²) in [7, 11) is 0. The summed E-state index contributed by atoms with van der Waals surface area (Å²) in [6.07, 6.45) is -2.99. The number of benzene rings is 1. The Labute approximate surface area is 149 Å². The van der Waals surface area contributed by atoms with E-state index in [9.17, 15) is 18.0 Å². The number of nitrogens with zero attached hydrogens (tertiary/aromatic N) is 1. The average molecular weight is 419 g/mol. The Hall–Kier alpha value is -1.87. The van der Waals surface area contributed by atoms with Crippen molar-refractivity contribution >= 4 is 21.8 Å². The van der Waals surface area contributed by atoms with Crippen molar-refractivity contribution in [1.29, 1.82) is 0 Å². The molecule has 5 nitrogen and oxygen atoms in total. The summed E-state index contributed by atoms with van der Waals surface area (Å²) in [6, 6.07) is 4.47. The molecule has 2 aromatic rings. The fourth-order valence-electron chi connectivity index (χ4n) is 2.51. The fourth-order valence-corrected chi connectivity index (χ4v) is 3.06. The van der Waals surface area contributed by atoms with Gasteiger partial charge in [0.1, 0.15) is 5.69 Å². The minimum atomic E-state index is -4.41. The number of ether oxygens (including phenoxy) is 1. The van der Waals surface area contributed by atoms with Crippen molar-refractivity contribution in [2.24, 2.45) is 0 Å². The largest absolute Gasteiger partial charge is 0.416 e. The Balaban J connectivity index is 1.77. The van der Waals surface area contributed by atoms with Crippen LogP contribution in [0, 0.1) is 0 Å². The van der Waals surface area contributed by atoms with Gasteiger partial charge in [-0.05, 0) is 40.9 Å². The molecule has 1 amide bonds. The Bertz CT molecular complexity index is 753. The normalized spacial score (nSPS) is 16.0. The second kappa shape index (κ2) is 7.17. The third kappa shape index (κ3) is 4.04. The van der Waals surface area contributed by atoms with Crippen LogP contribution in [0.3, 0.4) is 0 Å². The summed E-state index contributed by atoms with van der Waals surface area (Å²) in [5.41, 5.74) is -0.0760. The van der Waals surface area contributed by atoms with Crippen LogP contribution in [0.5, 0.6) is 0 Å². The van der Waals surface area contributed by atoms with E-state index < -0.39 is 17.6 Å². The molecule has 1 N–H and O–H groups in total. The molecule has 0 saturated carbocycles. The smallest absolute Gasteiger partial charge is 0.381 e. The van der Waals surface area contributed by atoms with Crippen LogP contribution >= 0.6 is 15.9 Å². The molecule has 0 bridgehead atoms. The van der Waals surface area contributed by atoms with Crippen LogP contribution in [0.15, 0.2) is 33.3 Å². The number of alkyl halides is 3. The van der Waals surface area contributed by atoms with E-state index in [-0.39, 0.29) is 17.5 Å². The van der Waals surface area contributed by atoms with E-state index >= 15 is 0 Å². The first-order valence-corrected chi connectivity index (χ1v) is 8.37. The lowest BCUT2D eigenvalue weighted by Gasteiger charge is -2.22. The third-order valence-corrected chi connectivity index (χ3v) is 4.62. The quantitative estimate of drug-likeness (QED) is 0.816. The summed E-state index contributed by atoms with van der Waals surface area (Å²) in [5, 5.41) is 6.64. The number of halogens is 4. The van der Waals surface area contributed by atoms with Gasteiger partial charge in [0.2, 0.25) is 5.76 Å². The molecule has 9 heteroatoms. The molecule has 1 aliphatic rings. The topological polar surface area (TPSA) is 64.4 Å². The lowest BCUT2D eigenvalue weighted by molar-refractivity contribution is -0.137. The number of rotatable bonds is 3.